The quantitative estimate of drug-likeness (QED) is 0.507. The number of nitrogens with one attached hydrogen (secondary N) is 1. The smallest absolute Gasteiger partial charge is 0.320 e. The van der Waals surface area contributed by atoms with Crippen LogP contribution in [0.4, 0.5) is 0 Å². The van der Waals surface area contributed by atoms with Gasteiger partial charge in [0.15, 0.2) is 0 Å². The lowest BCUT2D eigenvalue weighted by atomic mass is 10.2. The first-order valence-corrected chi connectivity index (χ1v) is 5.04. The van der Waals surface area contributed by atoms with E-state index in [2.05, 4.69) is 9.97 Å². The number of carboxylic acid groups (broad SMARTS) is 1. The summed E-state index contributed by atoms with van der Waals surface area (Å²) < 4.78 is 0. The van der Waals surface area contributed by atoms with Gasteiger partial charge < -0.3 is 25.7 Å². The highest BCUT2D eigenvalue weighted by atomic mass is 16.4. The Kier molecular flexibility index (Phi) is 7.57. The molecule has 0 saturated carbocycles. The summed E-state index contributed by atoms with van der Waals surface area (Å²) in [6.07, 6.45) is 3.81. The summed E-state index contributed by atoms with van der Waals surface area (Å²) in [6, 6.07) is -0.851. The number of aliphatic hydroxyl groups excluding tert-OH is 1. The van der Waals surface area contributed by atoms with E-state index >= 15 is 0 Å². The molecule has 0 aliphatic rings. The van der Waals surface area contributed by atoms with Crippen molar-refractivity contribution in [2.45, 2.75) is 31.9 Å². The van der Waals surface area contributed by atoms with Crippen LogP contribution in [-0.2, 0) is 16.0 Å². The standard InChI is InChI=1S/C6H9N3O2.C4H8O2/c7-5(6(10)11)1-4-2-8-3-9-4;1-4(6)2-3-5/h2-3,5H,1,7H2,(H,8,9)(H,10,11);3-4,6H,2H2,1H3/t5-;/m0./s1. The van der Waals surface area contributed by atoms with Crippen LogP contribution in [0.25, 0.3) is 0 Å². The molecule has 5 N–H and O–H groups in total. The predicted octanol–water partition coefficient (Wildman–Crippen LogP) is -0.680. The Morgan fingerprint density at radius 1 is 1.71 bits per heavy atom. The Labute approximate surface area is 98.7 Å². The van der Waals surface area contributed by atoms with Crippen molar-refractivity contribution in [3.8, 4) is 0 Å². The van der Waals surface area contributed by atoms with Gasteiger partial charge in [-0.2, -0.15) is 0 Å². The molecule has 96 valence electrons. The number of nitrogens with zero attached hydrogens (tertiary/aromatic N) is 1. The summed E-state index contributed by atoms with van der Waals surface area (Å²) in [7, 11) is 0. The average molecular weight is 243 g/mol. The number of H-pyrrole nitrogens is 1. The van der Waals surface area contributed by atoms with E-state index in [4.69, 9.17) is 15.9 Å². The van der Waals surface area contributed by atoms with Crippen LogP contribution >= 0.6 is 0 Å². The minimum absolute atomic E-state index is 0.250. The maximum absolute atomic E-state index is 10.3. The molecule has 1 unspecified atom stereocenters. The predicted molar refractivity (Wildman–Crippen MR) is 60.3 cm³/mol. The van der Waals surface area contributed by atoms with Crippen molar-refractivity contribution in [1.29, 1.82) is 0 Å². The Bertz CT molecular complexity index is 324. The molecule has 1 rings (SSSR count). The SMILES string of the molecule is CC(O)CC=O.N[C@@H](Cc1cnc[nH]1)C(=O)O. The normalized spacial score (nSPS) is 13.1. The van der Waals surface area contributed by atoms with E-state index < -0.39 is 18.1 Å². The zero-order valence-corrected chi connectivity index (χ0v) is 9.54. The Hall–Kier alpha value is -1.73. The van der Waals surface area contributed by atoms with Gasteiger partial charge in [0.2, 0.25) is 0 Å². The molecule has 17 heavy (non-hydrogen) atoms. The first-order valence-electron chi connectivity index (χ1n) is 5.04. The number of aldehydes is 1. The number of aliphatic carboxylic acids is 1. The highest BCUT2D eigenvalue weighted by molar-refractivity contribution is 5.73. The molecule has 7 nitrogen and oxygen atoms in total. The van der Waals surface area contributed by atoms with Gasteiger partial charge >= 0.3 is 5.97 Å². The number of carbonyl (C=O) groups is 2. The molecule has 0 radical (unpaired) electrons. The van der Waals surface area contributed by atoms with Gasteiger partial charge in [-0.15, -0.1) is 0 Å². The summed E-state index contributed by atoms with van der Waals surface area (Å²) >= 11 is 0. The van der Waals surface area contributed by atoms with Crippen molar-refractivity contribution in [2.75, 3.05) is 0 Å². The van der Waals surface area contributed by atoms with Gasteiger partial charge in [0.1, 0.15) is 12.3 Å². The number of carbonyl (C=O) groups excluding carboxylic acids is 1. The number of nitrogens with two attached hydrogens (primary N) is 1. The fourth-order valence-corrected chi connectivity index (χ4v) is 0.860. The number of hydrogen-bond donors (Lipinski definition) is 4. The van der Waals surface area contributed by atoms with Crippen molar-refractivity contribution < 1.29 is 19.8 Å². The second-order valence-corrected chi connectivity index (χ2v) is 3.48. The molecule has 0 aliphatic carbocycles. The van der Waals surface area contributed by atoms with Gasteiger partial charge in [-0.25, -0.2) is 4.98 Å². The Morgan fingerprint density at radius 3 is 2.65 bits per heavy atom. The maximum atomic E-state index is 10.3. The van der Waals surface area contributed by atoms with Crippen LogP contribution < -0.4 is 5.73 Å². The molecular formula is C10H17N3O4. The van der Waals surface area contributed by atoms with E-state index in [0.717, 1.165) is 5.69 Å². The lowest BCUT2D eigenvalue weighted by Crippen LogP contribution is -2.32. The molecule has 0 saturated heterocycles. The Morgan fingerprint density at radius 2 is 2.35 bits per heavy atom. The maximum Gasteiger partial charge on any atom is 0.320 e. The van der Waals surface area contributed by atoms with Gasteiger partial charge in [-0.1, -0.05) is 0 Å². The van der Waals surface area contributed by atoms with Crippen LogP contribution in [0.15, 0.2) is 12.5 Å². The molecule has 0 amide bonds. The van der Waals surface area contributed by atoms with Gasteiger partial charge in [-0.3, -0.25) is 4.79 Å². The van der Waals surface area contributed by atoms with Crippen molar-refractivity contribution in [3.63, 3.8) is 0 Å². The fourth-order valence-electron chi connectivity index (χ4n) is 0.860. The number of aliphatic hydroxyl groups is 1. The fraction of sp³-hybridized carbons (Fsp3) is 0.500. The lowest BCUT2D eigenvalue weighted by Gasteiger charge is -2.02. The van der Waals surface area contributed by atoms with Crippen molar-refractivity contribution in [3.05, 3.63) is 18.2 Å². The highest BCUT2D eigenvalue weighted by Crippen LogP contribution is 1.95. The number of aromatic nitrogens is 2. The third-order valence-corrected chi connectivity index (χ3v) is 1.75. The number of aromatic amines is 1. The van der Waals surface area contributed by atoms with Crippen LogP contribution in [0.1, 0.15) is 19.0 Å². The monoisotopic (exact) mass is 243 g/mol. The van der Waals surface area contributed by atoms with Crippen LogP contribution in [0.5, 0.6) is 0 Å². The number of rotatable bonds is 5. The topological polar surface area (TPSA) is 129 Å². The zero-order valence-electron chi connectivity index (χ0n) is 9.54. The van der Waals surface area contributed by atoms with E-state index in [9.17, 15) is 9.59 Å². The van der Waals surface area contributed by atoms with Gasteiger partial charge in [0.05, 0.1) is 12.4 Å². The summed E-state index contributed by atoms with van der Waals surface area (Å²) in [5.74, 6) is -1.00. The van der Waals surface area contributed by atoms with Crippen LogP contribution in [0, 0.1) is 0 Å². The van der Waals surface area contributed by atoms with E-state index in [1.807, 2.05) is 0 Å². The molecule has 0 aliphatic heterocycles. The molecule has 0 aromatic carbocycles. The largest absolute Gasteiger partial charge is 0.480 e. The summed E-state index contributed by atoms with van der Waals surface area (Å²) in [5.41, 5.74) is 6.00. The minimum Gasteiger partial charge on any atom is -0.480 e. The summed E-state index contributed by atoms with van der Waals surface area (Å²) in [4.78, 5) is 26.2. The van der Waals surface area contributed by atoms with Gasteiger partial charge in [0, 0.05) is 24.7 Å². The Balaban J connectivity index is 0.000000366. The van der Waals surface area contributed by atoms with E-state index in [1.165, 1.54) is 6.33 Å². The van der Waals surface area contributed by atoms with E-state index in [0.29, 0.717) is 6.29 Å². The average Bonchev–Trinajstić information content (AvgIpc) is 2.70. The molecular weight excluding hydrogens is 226 g/mol. The van der Waals surface area contributed by atoms with Crippen molar-refractivity contribution in [2.24, 2.45) is 5.73 Å². The number of imidazole rings is 1. The second-order valence-electron chi connectivity index (χ2n) is 3.48. The van der Waals surface area contributed by atoms with Crippen LogP contribution in [0.2, 0.25) is 0 Å². The third-order valence-electron chi connectivity index (χ3n) is 1.75. The second kappa shape index (κ2) is 8.43. The van der Waals surface area contributed by atoms with Crippen LogP contribution in [-0.4, -0.2) is 44.6 Å². The molecule has 1 aromatic heterocycles. The molecule has 2 atom stereocenters. The lowest BCUT2D eigenvalue weighted by molar-refractivity contribution is -0.138. The first-order chi connectivity index (χ1) is 7.97. The molecule has 0 fully saturated rings. The minimum atomic E-state index is -1.00. The van der Waals surface area contributed by atoms with Crippen molar-refractivity contribution in [1.82, 2.24) is 9.97 Å². The molecule has 0 bridgehead atoms. The van der Waals surface area contributed by atoms with E-state index in [1.54, 1.807) is 13.1 Å². The van der Waals surface area contributed by atoms with E-state index in [-0.39, 0.29) is 12.8 Å². The molecule has 1 heterocycles. The first kappa shape index (κ1) is 15.3. The number of hydrogen-bond acceptors (Lipinski definition) is 5. The number of carboxylic acids is 1. The van der Waals surface area contributed by atoms with Gasteiger partial charge in [-0.05, 0) is 6.92 Å². The molecule has 1 aromatic rings. The highest BCUT2D eigenvalue weighted by Gasteiger charge is 2.11. The third kappa shape index (κ3) is 8.12. The summed E-state index contributed by atoms with van der Waals surface area (Å²) in [5, 5.41) is 16.7. The molecule has 0 spiro atoms. The summed E-state index contributed by atoms with van der Waals surface area (Å²) in [6.45, 7) is 1.58. The van der Waals surface area contributed by atoms with Crippen molar-refractivity contribution >= 4 is 12.3 Å². The van der Waals surface area contributed by atoms with Crippen LogP contribution in [0.3, 0.4) is 0 Å². The molecule has 7 heteroatoms. The van der Waals surface area contributed by atoms with Gasteiger partial charge in [0.25, 0.3) is 0 Å². The zero-order chi connectivity index (χ0) is 13.3.